The first-order valence-corrected chi connectivity index (χ1v) is 8.35. The molecule has 2 aromatic carbocycles. The third kappa shape index (κ3) is 2.86. The van der Waals surface area contributed by atoms with E-state index in [1.165, 1.54) is 16.7 Å². The molecule has 0 atom stereocenters. The molecule has 2 amide bonds. The molecule has 0 saturated heterocycles. The van der Waals surface area contributed by atoms with E-state index in [9.17, 15) is 9.59 Å². The van der Waals surface area contributed by atoms with Crippen molar-refractivity contribution in [1.82, 2.24) is 4.90 Å². The monoisotopic (exact) mass is 351 g/mol. The van der Waals surface area contributed by atoms with Crippen LogP contribution in [-0.4, -0.2) is 29.0 Å². The zero-order valence-electron chi connectivity index (χ0n) is 11.4. The molecule has 0 bridgehead atoms. The smallest absolute Gasteiger partial charge is 0.261 e. The summed E-state index contributed by atoms with van der Waals surface area (Å²) in [7, 11) is 0. The van der Waals surface area contributed by atoms with Crippen molar-refractivity contribution in [2.45, 2.75) is 4.90 Å². The van der Waals surface area contributed by atoms with E-state index in [2.05, 4.69) is 0 Å². The third-order valence-electron chi connectivity index (χ3n) is 3.34. The summed E-state index contributed by atoms with van der Waals surface area (Å²) < 4.78 is 0. The number of imide groups is 1. The molecular formula is C16H11Cl2NO2S. The number of hydrogen-bond acceptors (Lipinski definition) is 3. The summed E-state index contributed by atoms with van der Waals surface area (Å²) in [4.78, 5) is 26.6. The summed E-state index contributed by atoms with van der Waals surface area (Å²) in [6, 6.07) is 12.1. The van der Waals surface area contributed by atoms with Crippen LogP contribution >= 0.6 is 35.0 Å². The Morgan fingerprint density at radius 1 is 0.955 bits per heavy atom. The van der Waals surface area contributed by atoms with E-state index in [0.717, 1.165) is 4.90 Å². The molecule has 3 rings (SSSR count). The van der Waals surface area contributed by atoms with Gasteiger partial charge in [-0.05, 0) is 30.3 Å². The van der Waals surface area contributed by atoms with E-state index in [0.29, 0.717) is 33.5 Å². The predicted octanol–water partition coefficient (Wildman–Crippen LogP) is 4.38. The summed E-state index contributed by atoms with van der Waals surface area (Å²) in [5.41, 5.74) is 0.948. The van der Waals surface area contributed by atoms with Crippen LogP contribution in [0.4, 0.5) is 0 Å². The lowest BCUT2D eigenvalue weighted by Crippen LogP contribution is -2.31. The van der Waals surface area contributed by atoms with Gasteiger partial charge in [0, 0.05) is 22.2 Å². The minimum atomic E-state index is -0.233. The van der Waals surface area contributed by atoms with Gasteiger partial charge >= 0.3 is 0 Å². The second kappa shape index (κ2) is 6.32. The summed E-state index contributed by atoms with van der Waals surface area (Å²) >= 11 is 13.4. The molecule has 112 valence electrons. The molecule has 22 heavy (non-hydrogen) atoms. The van der Waals surface area contributed by atoms with Crippen molar-refractivity contribution >= 4 is 46.8 Å². The van der Waals surface area contributed by atoms with Crippen LogP contribution in [0.15, 0.2) is 47.4 Å². The van der Waals surface area contributed by atoms with Gasteiger partial charge in [0.05, 0.1) is 16.1 Å². The maximum absolute atomic E-state index is 12.2. The molecule has 0 fully saturated rings. The molecule has 3 nitrogen and oxygen atoms in total. The summed E-state index contributed by atoms with van der Waals surface area (Å²) in [5.74, 6) is 0.110. The van der Waals surface area contributed by atoms with Crippen molar-refractivity contribution in [3.63, 3.8) is 0 Å². The highest BCUT2D eigenvalue weighted by Gasteiger charge is 2.34. The lowest BCUT2D eigenvalue weighted by atomic mass is 10.1. The van der Waals surface area contributed by atoms with Crippen LogP contribution in [-0.2, 0) is 0 Å². The van der Waals surface area contributed by atoms with Gasteiger partial charge < -0.3 is 0 Å². The van der Waals surface area contributed by atoms with Crippen LogP contribution in [0.1, 0.15) is 20.7 Å². The maximum atomic E-state index is 12.2. The van der Waals surface area contributed by atoms with Crippen LogP contribution in [0.3, 0.4) is 0 Å². The van der Waals surface area contributed by atoms with Crippen LogP contribution in [0.25, 0.3) is 0 Å². The zero-order chi connectivity index (χ0) is 15.7. The Bertz CT molecular complexity index is 729. The SMILES string of the molecule is O=C1c2ccccc2C(=O)N1CCSc1ccc(Cl)cc1Cl. The highest BCUT2D eigenvalue weighted by Crippen LogP contribution is 2.30. The minimum Gasteiger partial charge on any atom is -0.273 e. The van der Waals surface area contributed by atoms with E-state index in [-0.39, 0.29) is 11.8 Å². The molecule has 1 aliphatic rings. The van der Waals surface area contributed by atoms with Gasteiger partial charge in [0.15, 0.2) is 0 Å². The van der Waals surface area contributed by atoms with Crippen LogP contribution in [0.2, 0.25) is 10.0 Å². The van der Waals surface area contributed by atoms with Crippen molar-refractivity contribution in [2.75, 3.05) is 12.3 Å². The fourth-order valence-corrected chi connectivity index (χ4v) is 3.71. The fourth-order valence-electron chi connectivity index (χ4n) is 2.28. The Morgan fingerprint density at radius 2 is 1.59 bits per heavy atom. The molecule has 0 aliphatic carbocycles. The second-order valence-corrected chi connectivity index (χ2v) is 6.71. The molecule has 0 spiro atoms. The molecular weight excluding hydrogens is 341 g/mol. The number of halogens is 2. The first kappa shape index (κ1) is 15.4. The quantitative estimate of drug-likeness (QED) is 0.605. The van der Waals surface area contributed by atoms with Crippen molar-refractivity contribution in [1.29, 1.82) is 0 Å². The Hall–Kier alpha value is -1.49. The number of nitrogens with zero attached hydrogens (tertiary/aromatic N) is 1. The summed E-state index contributed by atoms with van der Waals surface area (Å²) in [6.07, 6.45) is 0. The number of thioether (sulfide) groups is 1. The summed E-state index contributed by atoms with van der Waals surface area (Å²) in [5, 5.41) is 1.15. The van der Waals surface area contributed by atoms with Gasteiger partial charge in [-0.1, -0.05) is 35.3 Å². The van der Waals surface area contributed by atoms with Crippen molar-refractivity contribution in [3.05, 3.63) is 63.6 Å². The lowest BCUT2D eigenvalue weighted by molar-refractivity contribution is 0.0664. The zero-order valence-corrected chi connectivity index (χ0v) is 13.7. The number of carbonyl (C=O) groups is 2. The molecule has 1 heterocycles. The van der Waals surface area contributed by atoms with Crippen LogP contribution < -0.4 is 0 Å². The van der Waals surface area contributed by atoms with Gasteiger partial charge in [-0.15, -0.1) is 11.8 Å². The number of hydrogen-bond donors (Lipinski definition) is 0. The number of benzene rings is 2. The standard InChI is InChI=1S/C16H11Cl2NO2S/c17-10-5-6-14(13(18)9-10)22-8-7-19-15(20)11-3-1-2-4-12(11)16(19)21/h1-6,9H,7-8H2. The van der Waals surface area contributed by atoms with Crippen molar-refractivity contribution < 1.29 is 9.59 Å². The van der Waals surface area contributed by atoms with Crippen LogP contribution in [0.5, 0.6) is 0 Å². The highest BCUT2D eigenvalue weighted by atomic mass is 35.5. The topological polar surface area (TPSA) is 37.4 Å². The van der Waals surface area contributed by atoms with Gasteiger partial charge in [-0.25, -0.2) is 0 Å². The van der Waals surface area contributed by atoms with E-state index >= 15 is 0 Å². The highest BCUT2D eigenvalue weighted by molar-refractivity contribution is 7.99. The third-order valence-corrected chi connectivity index (χ3v) is 5.06. The molecule has 0 saturated carbocycles. The largest absolute Gasteiger partial charge is 0.273 e. The predicted molar refractivity (Wildman–Crippen MR) is 89.0 cm³/mol. The number of carbonyl (C=O) groups excluding carboxylic acids is 2. The van der Waals surface area contributed by atoms with Crippen LogP contribution in [0, 0.1) is 0 Å². The molecule has 0 N–H and O–H groups in total. The van der Waals surface area contributed by atoms with E-state index < -0.39 is 0 Å². The molecule has 0 radical (unpaired) electrons. The Labute approximate surface area is 142 Å². The molecule has 1 aliphatic heterocycles. The first-order valence-electron chi connectivity index (χ1n) is 6.61. The van der Waals surface area contributed by atoms with Crippen molar-refractivity contribution in [3.8, 4) is 0 Å². The van der Waals surface area contributed by atoms with Gasteiger partial charge in [-0.3, -0.25) is 14.5 Å². The number of fused-ring (bicyclic) bond motifs is 1. The van der Waals surface area contributed by atoms with E-state index in [1.807, 2.05) is 6.07 Å². The average Bonchev–Trinajstić information content (AvgIpc) is 2.75. The van der Waals surface area contributed by atoms with E-state index in [1.54, 1.807) is 36.4 Å². The van der Waals surface area contributed by atoms with Gasteiger partial charge in [0.2, 0.25) is 0 Å². The van der Waals surface area contributed by atoms with Gasteiger partial charge in [0.25, 0.3) is 11.8 Å². The Kier molecular flexibility index (Phi) is 4.43. The number of amides is 2. The Balaban J connectivity index is 1.66. The lowest BCUT2D eigenvalue weighted by Gasteiger charge is -2.13. The minimum absolute atomic E-state index is 0.233. The van der Waals surface area contributed by atoms with Gasteiger partial charge in [-0.2, -0.15) is 0 Å². The molecule has 0 aromatic heterocycles. The average molecular weight is 352 g/mol. The molecule has 0 unspecified atom stereocenters. The molecule has 6 heteroatoms. The molecule has 2 aromatic rings. The fraction of sp³-hybridized carbons (Fsp3) is 0.125. The second-order valence-electron chi connectivity index (χ2n) is 4.73. The maximum Gasteiger partial charge on any atom is 0.261 e. The Morgan fingerprint density at radius 3 is 2.18 bits per heavy atom. The van der Waals surface area contributed by atoms with Crippen molar-refractivity contribution in [2.24, 2.45) is 0 Å². The normalized spacial score (nSPS) is 13.6. The number of rotatable bonds is 4. The van der Waals surface area contributed by atoms with E-state index in [4.69, 9.17) is 23.2 Å². The first-order chi connectivity index (χ1) is 10.6. The van der Waals surface area contributed by atoms with Gasteiger partial charge in [0.1, 0.15) is 0 Å². The summed E-state index contributed by atoms with van der Waals surface area (Å²) in [6.45, 7) is 0.343.